The SMILES string of the molecule is CCNC(=NCc1cc(Br)ccc1OC(F)F)NCC(C)(C)OC. The predicted octanol–water partition coefficient (Wildman–Crippen LogP) is 3.53. The van der Waals surface area contributed by atoms with Gasteiger partial charge in [-0.25, -0.2) is 4.99 Å². The summed E-state index contributed by atoms with van der Waals surface area (Å²) in [5.74, 6) is 0.690. The molecule has 0 aliphatic carbocycles. The van der Waals surface area contributed by atoms with Crippen molar-refractivity contribution in [1.82, 2.24) is 10.6 Å². The van der Waals surface area contributed by atoms with Crippen LogP contribution in [-0.4, -0.2) is 38.4 Å². The highest BCUT2D eigenvalue weighted by molar-refractivity contribution is 9.10. The molecular formula is C16H24BrF2N3O2. The van der Waals surface area contributed by atoms with Gasteiger partial charge in [0.1, 0.15) is 5.75 Å². The summed E-state index contributed by atoms with van der Waals surface area (Å²) in [7, 11) is 1.64. The average molecular weight is 408 g/mol. The van der Waals surface area contributed by atoms with Crippen LogP contribution in [0.3, 0.4) is 0 Å². The number of aliphatic imine (C=N–C) groups is 1. The fourth-order valence-corrected chi connectivity index (χ4v) is 2.17. The van der Waals surface area contributed by atoms with Crippen LogP contribution < -0.4 is 15.4 Å². The minimum Gasteiger partial charge on any atom is -0.434 e. The zero-order chi connectivity index (χ0) is 18.2. The summed E-state index contributed by atoms with van der Waals surface area (Å²) in [6.45, 7) is 4.40. The third kappa shape index (κ3) is 7.44. The lowest BCUT2D eigenvalue weighted by Crippen LogP contribution is -2.45. The molecule has 0 spiro atoms. The van der Waals surface area contributed by atoms with E-state index in [4.69, 9.17) is 4.74 Å². The maximum atomic E-state index is 12.5. The van der Waals surface area contributed by atoms with Gasteiger partial charge in [0, 0.05) is 30.2 Å². The molecule has 1 rings (SSSR count). The van der Waals surface area contributed by atoms with Crippen LogP contribution in [0, 0.1) is 0 Å². The van der Waals surface area contributed by atoms with Crippen LogP contribution in [0.5, 0.6) is 5.75 Å². The van der Waals surface area contributed by atoms with E-state index in [0.717, 1.165) is 4.47 Å². The van der Waals surface area contributed by atoms with Gasteiger partial charge >= 0.3 is 6.61 Å². The molecular weight excluding hydrogens is 384 g/mol. The van der Waals surface area contributed by atoms with Crippen LogP contribution in [-0.2, 0) is 11.3 Å². The van der Waals surface area contributed by atoms with Crippen molar-refractivity contribution in [2.24, 2.45) is 4.99 Å². The zero-order valence-electron chi connectivity index (χ0n) is 14.3. The van der Waals surface area contributed by atoms with Gasteiger partial charge in [-0.05, 0) is 39.0 Å². The number of benzene rings is 1. The minimum absolute atomic E-state index is 0.116. The first-order valence-corrected chi connectivity index (χ1v) is 8.37. The molecule has 0 fully saturated rings. The lowest BCUT2D eigenvalue weighted by molar-refractivity contribution is -0.0504. The molecule has 8 heteroatoms. The van der Waals surface area contributed by atoms with Gasteiger partial charge in [-0.2, -0.15) is 8.78 Å². The molecule has 1 aromatic carbocycles. The van der Waals surface area contributed by atoms with Crippen molar-refractivity contribution >= 4 is 21.9 Å². The first kappa shape index (κ1) is 20.6. The highest BCUT2D eigenvalue weighted by Gasteiger charge is 2.16. The topological polar surface area (TPSA) is 54.9 Å². The number of hydrogen-bond acceptors (Lipinski definition) is 3. The van der Waals surface area contributed by atoms with Gasteiger partial charge in [-0.15, -0.1) is 0 Å². The minimum atomic E-state index is -2.87. The predicted molar refractivity (Wildman–Crippen MR) is 94.7 cm³/mol. The number of guanidine groups is 1. The van der Waals surface area contributed by atoms with Crippen LogP contribution in [0.2, 0.25) is 0 Å². The molecule has 136 valence electrons. The molecule has 0 saturated carbocycles. The maximum absolute atomic E-state index is 12.5. The molecule has 0 heterocycles. The highest BCUT2D eigenvalue weighted by Crippen LogP contribution is 2.25. The normalized spacial score (nSPS) is 12.4. The van der Waals surface area contributed by atoms with Gasteiger partial charge in [0.2, 0.25) is 0 Å². The smallest absolute Gasteiger partial charge is 0.387 e. The first-order valence-electron chi connectivity index (χ1n) is 7.58. The second-order valence-corrected chi connectivity index (χ2v) is 6.56. The second-order valence-electron chi connectivity index (χ2n) is 5.64. The molecule has 0 aromatic heterocycles. The summed E-state index contributed by atoms with van der Waals surface area (Å²) in [4.78, 5) is 4.42. The van der Waals surface area contributed by atoms with Crippen molar-refractivity contribution in [1.29, 1.82) is 0 Å². The van der Waals surface area contributed by atoms with Crippen molar-refractivity contribution in [3.63, 3.8) is 0 Å². The van der Waals surface area contributed by atoms with Crippen LogP contribution in [0.25, 0.3) is 0 Å². The Morgan fingerprint density at radius 3 is 2.62 bits per heavy atom. The number of halogens is 3. The molecule has 0 aliphatic heterocycles. The molecule has 0 atom stereocenters. The largest absolute Gasteiger partial charge is 0.434 e. The van der Waals surface area contributed by atoms with E-state index in [1.807, 2.05) is 20.8 Å². The summed E-state index contributed by atoms with van der Waals surface area (Å²) >= 11 is 3.33. The van der Waals surface area contributed by atoms with E-state index in [0.29, 0.717) is 24.6 Å². The Morgan fingerprint density at radius 1 is 1.33 bits per heavy atom. The van der Waals surface area contributed by atoms with Gasteiger partial charge < -0.3 is 20.1 Å². The van der Waals surface area contributed by atoms with Gasteiger partial charge in [0.15, 0.2) is 5.96 Å². The van der Waals surface area contributed by atoms with Crippen molar-refractivity contribution in [3.8, 4) is 5.75 Å². The third-order valence-electron chi connectivity index (χ3n) is 3.22. The van der Waals surface area contributed by atoms with Gasteiger partial charge in [0.25, 0.3) is 0 Å². The Balaban J connectivity index is 2.87. The Labute approximate surface area is 150 Å². The lowest BCUT2D eigenvalue weighted by Gasteiger charge is -2.24. The Kier molecular flexibility index (Phi) is 8.41. The van der Waals surface area contributed by atoms with E-state index in [9.17, 15) is 8.78 Å². The number of nitrogens with one attached hydrogen (secondary N) is 2. The van der Waals surface area contributed by atoms with E-state index < -0.39 is 6.61 Å². The number of alkyl halides is 2. The first-order chi connectivity index (χ1) is 11.3. The molecule has 0 radical (unpaired) electrons. The molecule has 0 bridgehead atoms. The summed E-state index contributed by atoms with van der Waals surface area (Å²) in [6.07, 6.45) is 0. The molecule has 1 aromatic rings. The zero-order valence-corrected chi connectivity index (χ0v) is 15.9. The van der Waals surface area contributed by atoms with Crippen molar-refractivity contribution in [2.45, 2.75) is 39.5 Å². The molecule has 2 N–H and O–H groups in total. The van der Waals surface area contributed by atoms with Crippen molar-refractivity contribution < 1.29 is 18.3 Å². The van der Waals surface area contributed by atoms with E-state index in [-0.39, 0.29) is 17.9 Å². The summed E-state index contributed by atoms with van der Waals surface area (Å²) in [5, 5.41) is 6.28. The van der Waals surface area contributed by atoms with E-state index in [2.05, 4.69) is 36.3 Å². The maximum Gasteiger partial charge on any atom is 0.387 e. The molecule has 0 amide bonds. The van der Waals surface area contributed by atoms with Gasteiger partial charge in [-0.3, -0.25) is 0 Å². The summed E-state index contributed by atoms with van der Waals surface area (Å²) in [5.41, 5.74) is 0.212. The van der Waals surface area contributed by atoms with E-state index >= 15 is 0 Å². The van der Waals surface area contributed by atoms with Gasteiger partial charge in [-0.1, -0.05) is 15.9 Å². The molecule has 0 unspecified atom stereocenters. The summed E-state index contributed by atoms with van der Waals surface area (Å²) < 4.78 is 35.7. The Bertz CT molecular complexity index is 554. The molecule has 0 aliphatic rings. The van der Waals surface area contributed by atoms with Crippen molar-refractivity contribution in [3.05, 3.63) is 28.2 Å². The fraction of sp³-hybridized carbons (Fsp3) is 0.562. The monoisotopic (exact) mass is 407 g/mol. The summed E-state index contributed by atoms with van der Waals surface area (Å²) in [6, 6.07) is 4.86. The standard InChI is InChI=1S/C16H24BrF2N3O2/c1-5-20-15(22-10-16(2,3)23-4)21-9-11-8-12(17)6-7-13(11)24-14(18)19/h6-8,14H,5,9-10H2,1-4H3,(H2,20,21,22). The van der Waals surface area contributed by atoms with Crippen molar-refractivity contribution in [2.75, 3.05) is 20.2 Å². The highest BCUT2D eigenvalue weighted by atomic mass is 79.9. The van der Waals surface area contributed by atoms with Crippen LogP contribution >= 0.6 is 15.9 Å². The van der Waals surface area contributed by atoms with Gasteiger partial charge in [0.05, 0.1) is 12.1 Å². The van der Waals surface area contributed by atoms with Crippen LogP contribution in [0.4, 0.5) is 8.78 Å². The number of methoxy groups -OCH3 is 1. The molecule has 5 nitrogen and oxygen atoms in total. The third-order valence-corrected chi connectivity index (χ3v) is 3.72. The number of ether oxygens (including phenoxy) is 2. The van der Waals surface area contributed by atoms with Crippen LogP contribution in [0.15, 0.2) is 27.7 Å². The Morgan fingerprint density at radius 2 is 2.04 bits per heavy atom. The molecule has 0 saturated heterocycles. The number of hydrogen-bond donors (Lipinski definition) is 2. The average Bonchev–Trinajstić information content (AvgIpc) is 2.52. The lowest BCUT2D eigenvalue weighted by atomic mass is 10.1. The van der Waals surface area contributed by atoms with E-state index in [1.165, 1.54) is 6.07 Å². The Hall–Kier alpha value is -1.41. The fourth-order valence-electron chi connectivity index (χ4n) is 1.76. The van der Waals surface area contributed by atoms with Crippen LogP contribution in [0.1, 0.15) is 26.3 Å². The second kappa shape index (κ2) is 9.78. The number of rotatable bonds is 8. The van der Waals surface area contributed by atoms with E-state index in [1.54, 1.807) is 19.2 Å². The quantitative estimate of drug-likeness (QED) is 0.511. The number of nitrogens with zero attached hydrogens (tertiary/aromatic N) is 1. The molecule has 24 heavy (non-hydrogen) atoms.